The van der Waals surface area contributed by atoms with Crippen molar-refractivity contribution in [3.8, 4) is 27.8 Å². The van der Waals surface area contributed by atoms with Crippen LogP contribution in [-0.4, -0.2) is 45.9 Å². The molecule has 47 heavy (non-hydrogen) atoms. The van der Waals surface area contributed by atoms with Gasteiger partial charge in [0.15, 0.2) is 11.6 Å². The van der Waals surface area contributed by atoms with Crippen LogP contribution in [0.1, 0.15) is 21.5 Å². The zero-order chi connectivity index (χ0) is 32.9. The highest BCUT2D eigenvalue weighted by Crippen LogP contribution is 2.39. The fourth-order valence-corrected chi connectivity index (χ4v) is 5.80. The first kappa shape index (κ1) is 31.6. The molecule has 10 nitrogen and oxygen atoms in total. The van der Waals surface area contributed by atoms with Gasteiger partial charge in [-0.3, -0.25) is 19.6 Å². The van der Waals surface area contributed by atoms with Crippen molar-refractivity contribution in [3.63, 3.8) is 0 Å². The van der Waals surface area contributed by atoms with E-state index in [1.807, 2.05) is 24.4 Å². The minimum absolute atomic E-state index is 0.0624. The van der Waals surface area contributed by atoms with Crippen molar-refractivity contribution in [2.45, 2.75) is 13.5 Å². The van der Waals surface area contributed by atoms with E-state index in [2.05, 4.69) is 25.7 Å². The number of amides is 1. The average molecular weight is 655 g/mol. The van der Waals surface area contributed by atoms with Crippen LogP contribution in [0.3, 0.4) is 0 Å². The Labute approximate surface area is 271 Å². The maximum atomic E-state index is 15.3. The smallest absolute Gasteiger partial charge is 0.284 e. The molecule has 0 fully saturated rings. The molecule has 2 aromatic carbocycles. The Balaban J connectivity index is 1.18. The zero-order valence-corrected chi connectivity index (χ0v) is 26.1. The van der Waals surface area contributed by atoms with Crippen molar-refractivity contribution in [3.05, 3.63) is 124 Å². The molecule has 0 spiro atoms. The van der Waals surface area contributed by atoms with Crippen molar-refractivity contribution < 1.29 is 23.0 Å². The number of halogens is 2. The number of nitrogens with one attached hydrogen (secondary N) is 2. The van der Waals surface area contributed by atoms with Gasteiger partial charge in [0.1, 0.15) is 17.1 Å². The predicted octanol–water partition coefficient (Wildman–Crippen LogP) is 6.27. The lowest BCUT2D eigenvalue weighted by atomic mass is 10.1. The number of aromatic nitrogens is 4. The average Bonchev–Trinajstić information content (AvgIpc) is 3.51. The summed E-state index contributed by atoms with van der Waals surface area (Å²) in [6.07, 6.45) is 4.76. The van der Waals surface area contributed by atoms with E-state index in [4.69, 9.17) is 9.47 Å². The van der Waals surface area contributed by atoms with Crippen LogP contribution in [0.15, 0.2) is 90.1 Å². The first-order valence-electron chi connectivity index (χ1n) is 14.5. The Morgan fingerprint density at radius 2 is 1.81 bits per heavy atom. The van der Waals surface area contributed by atoms with Crippen LogP contribution in [0, 0.1) is 18.6 Å². The lowest BCUT2D eigenvalue weighted by molar-refractivity contribution is 0.102. The summed E-state index contributed by atoms with van der Waals surface area (Å²) in [6.45, 7) is 3.62. The third-order valence-corrected chi connectivity index (χ3v) is 8.30. The van der Waals surface area contributed by atoms with Gasteiger partial charge in [0.25, 0.3) is 11.5 Å². The highest BCUT2D eigenvalue weighted by Gasteiger charge is 2.19. The molecule has 0 radical (unpaired) electrons. The van der Waals surface area contributed by atoms with Gasteiger partial charge in [0.05, 0.1) is 39.3 Å². The minimum Gasteiger partial charge on any atom is -0.453 e. The maximum Gasteiger partial charge on any atom is 0.284 e. The van der Waals surface area contributed by atoms with E-state index < -0.39 is 23.1 Å². The molecule has 0 atom stereocenters. The van der Waals surface area contributed by atoms with Crippen molar-refractivity contribution in [2.75, 3.05) is 25.6 Å². The lowest BCUT2D eigenvalue weighted by Crippen LogP contribution is -2.31. The number of carbonyl (C=O) groups is 1. The van der Waals surface area contributed by atoms with Gasteiger partial charge in [-0.15, -0.1) is 11.3 Å². The number of hydrogen-bond acceptors (Lipinski definition) is 9. The van der Waals surface area contributed by atoms with Crippen LogP contribution in [0.5, 0.6) is 11.5 Å². The number of methoxy groups -OCH3 is 1. The molecule has 0 saturated heterocycles. The van der Waals surface area contributed by atoms with Crippen molar-refractivity contribution in [2.24, 2.45) is 0 Å². The Bertz CT molecular complexity index is 2120. The van der Waals surface area contributed by atoms with Gasteiger partial charge in [-0.1, -0.05) is 6.07 Å². The standard InChI is InChI=1S/C34H28F2N6O4S/c1-20-17-40-42(24-7-4-22(35)5-8-24)34(44)31(20)33(43)41-23-6-10-28(25(36)15-23)46-29-11-12-38-27-16-30(47-32(27)29)26-9-3-21(19-39-26)18-37-13-14-45-2/h3-12,15-17,19,37H,13-14,18H2,1-2H3,(H,41,43). The molecule has 0 unspecified atom stereocenters. The van der Waals surface area contributed by atoms with Crippen LogP contribution in [-0.2, 0) is 11.3 Å². The number of thiophene rings is 1. The van der Waals surface area contributed by atoms with Crippen LogP contribution < -0.4 is 20.9 Å². The number of benzene rings is 2. The summed E-state index contributed by atoms with van der Waals surface area (Å²) in [6, 6.07) is 16.6. The summed E-state index contributed by atoms with van der Waals surface area (Å²) in [5.41, 5.74) is 2.35. The van der Waals surface area contributed by atoms with Crippen LogP contribution in [0.4, 0.5) is 14.5 Å². The van der Waals surface area contributed by atoms with E-state index in [0.29, 0.717) is 30.0 Å². The van der Waals surface area contributed by atoms with Gasteiger partial charge in [0, 0.05) is 50.4 Å². The largest absolute Gasteiger partial charge is 0.453 e. The second kappa shape index (κ2) is 14.0. The second-order valence-corrected chi connectivity index (χ2v) is 11.5. The third kappa shape index (κ3) is 7.07. The molecule has 13 heteroatoms. The highest BCUT2D eigenvalue weighted by atomic mass is 32.1. The maximum absolute atomic E-state index is 15.3. The molecule has 6 rings (SSSR count). The lowest BCUT2D eigenvalue weighted by Gasteiger charge is -2.12. The molecule has 0 bridgehead atoms. The van der Waals surface area contributed by atoms with Gasteiger partial charge in [-0.05, 0) is 66.6 Å². The predicted molar refractivity (Wildman–Crippen MR) is 175 cm³/mol. The summed E-state index contributed by atoms with van der Waals surface area (Å²) in [5.74, 6) is -1.60. The first-order valence-corrected chi connectivity index (χ1v) is 15.3. The van der Waals surface area contributed by atoms with E-state index in [9.17, 15) is 14.0 Å². The quantitative estimate of drug-likeness (QED) is 0.157. The van der Waals surface area contributed by atoms with E-state index in [-0.39, 0.29) is 22.7 Å². The first-order chi connectivity index (χ1) is 22.8. The Morgan fingerprint density at radius 1 is 0.979 bits per heavy atom. The van der Waals surface area contributed by atoms with Crippen molar-refractivity contribution in [1.82, 2.24) is 25.1 Å². The molecule has 4 heterocycles. The molecule has 4 aromatic heterocycles. The fourth-order valence-electron chi connectivity index (χ4n) is 4.75. The number of nitrogens with zero attached hydrogens (tertiary/aromatic N) is 4. The monoisotopic (exact) mass is 654 g/mol. The van der Waals surface area contributed by atoms with Crippen LogP contribution in [0.25, 0.3) is 26.5 Å². The molecule has 0 aliphatic rings. The number of ether oxygens (including phenoxy) is 2. The molecule has 1 amide bonds. The Hall–Kier alpha value is -5.37. The van der Waals surface area contributed by atoms with Crippen molar-refractivity contribution in [1.29, 1.82) is 0 Å². The number of carbonyl (C=O) groups excluding carboxylic acids is 1. The number of aryl methyl sites for hydroxylation is 1. The third-order valence-electron chi connectivity index (χ3n) is 7.14. The zero-order valence-electron chi connectivity index (χ0n) is 25.3. The normalized spacial score (nSPS) is 11.1. The number of rotatable bonds is 11. The van der Waals surface area contributed by atoms with Gasteiger partial charge in [0.2, 0.25) is 0 Å². The van der Waals surface area contributed by atoms with E-state index >= 15 is 4.39 Å². The van der Waals surface area contributed by atoms with Gasteiger partial charge >= 0.3 is 0 Å². The summed E-state index contributed by atoms with van der Waals surface area (Å²) < 4.78 is 41.4. The number of anilines is 1. The number of pyridine rings is 2. The van der Waals surface area contributed by atoms with Gasteiger partial charge in [-0.2, -0.15) is 9.78 Å². The van der Waals surface area contributed by atoms with E-state index in [0.717, 1.165) is 38.1 Å². The molecular formula is C34H28F2N6O4S. The summed E-state index contributed by atoms with van der Waals surface area (Å²) in [5, 5.41) is 9.92. The molecule has 0 aliphatic carbocycles. The van der Waals surface area contributed by atoms with E-state index in [1.54, 1.807) is 26.3 Å². The number of fused-ring (bicyclic) bond motifs is 1. The highest BCUT2D eigenvalue weighted by molar-refractivity contribution is 7.22. The van der Waals surface area contributed by atoms with Crippen LogP contribution in [0.2, 0.25) is 0 Å². The molecule has 0 saturated carbocycles. The molecule has 2 N–H and O–H groups in total. The molecular weight excluding hydrogens is 626 g/mol. The topological polar surface area (TPSA) is 120 Å². The number of hydrogen-bond donors (Lipinski definition) is 2. The fraction of sp³-hybridized carbons (Fsp3) is 0.147. The summed E-state index contributed by atoms with van der Waals surface area (Å²) in [4.78, 5) is 36.2. The van der Waals surface area contributed by atoms with E-state index in [1.165, 1.54) is 53.9 Å². The van der Waals surface area contributed by atoms with Crippen LogP contribution >= 0.6 is 11.3 Å². The molecule has 0 aliphatic heterocycles. The van der Waals surface area contributed by atoms with Gasteiger partial charge in [-0.25, -0.2) is 8.78 Å². The second-order valence-electron chi connectivity index (χ2n) is 10.5. The Kier molecular flexibility index (Phi) is 9.38. The molecule has 6 aromatic rings. The minimum atomic E-state index is -0.746. The van der Waals surface area contributed by atoms with Gasteiger partial charge < -0.3 is 20.1 Å². The Morgan fingerprint density at radius 3 is 2.55 bits per heavy atom. The SMILES string of the molecule is COCCNCc1ccc(-c2cc3nccc(Oc4ccc(NC(=O)c5c(C)cnn(-c6ccc(F)cc6)c5=O)cc4F)c3s2)nc1. The summed E-state index contributed by atoms with van der Waals surface area (Å²) >= 11 is 1.43. The molecule has 238 valence electrons. The summed E-state index contributed by atoms with van der Waals surface area (Å²) in [7, 11) is 1.66. The van der Waals surface area contributed by atoms with Crippen molar-refractivity contribution >= 4 is 33.1 Å².